The van der Waals surface area contributed by atoms with Gasteiger partial charge in [0.1, 0.15) is 5.82 Å². The van der Waals surface area contributed by atoms with E-state index in [9.17, 15) is 12.8 Å². The molecule has 2 rings (SSSR count). The van der Waals surface area contributed by atoms with Gasteiger partial charge in [0.05, 0.1) is 5.75 Å². The lowest BCUT2D eigenvalue weighted by molar-refractivity contribution is 0.589. The van der Waals surface area contributed by atoms with Crippen molar-refractivity contribution in [3.05, 3.63) is 46.6 Å². The largest absolute Gasteiger partial charge is 0.305 e. The molecule has 3 nitrogen and oxygen atoms in total. The van der Waals surface area contributed by atoms with Crippen molar-refractivity contribution < 1.29 is 12.8 Å². The highest BCUT2D eigenvalue weighted by atomic mass is 32.2. The second kappa shape index (κ2) is 4.58. The van der Waals surface area contributed by atoms with E-state index in [1.165, 1.54) is 17.5 Å². The lowest BCUT2D eigenvalue weighted by Crippen LogP contribution is -2.29. The molecular formula is C12H14FNO2S. The third kappa shape index (κ3) is 3.14. The molecule has 1 aliphatic rings. The lowest BCUT2D eigenvalue weighted by atomic mass is 10.1. The monoisotopic (exact) mass is 255 g/mol. The molecule has 0 amide bonds. The van der Waals surface area contributed by atoms with E-state index in [-0.39, 0.29) is 17.6 Å². The molecule has 0 spiro atoms. The first-order chi connectivity index (χ1) is 7.96. The Kier molecular flexibility index (Phi) is 3.31. The Hall–Kier alpha value is -1.20. The number of rotatable bonds is 3. The van der Waals surface area contributed by atoms with E-state index in [2.05, 4.69) is 5.32 Å². The second-order valence-electron chi connectivity index (χ2n) is 4.22. The molecule has 0 aromatic heterocycles. The van der Waals surface area contributed by atoms with Crippen LogP contribution < -0.4 is 5.32 Å². The zero-order valence-corrected chi connectivity index (χ0v) is 10.3. The summed E-state index contributed by atoms with van der Waals surface area (Å²) in [4.78, 5) is 0. The molecule has 0 bridgehead atoms. The molecule has 1 N–H and O–H groups in total. The summed E-state index contributed by atoms with van der Waals surface area (Å²) < 4.78 is 35.3. The molecule has 5 heteroatoms. The van der Waals surface area contributed by atoms with Crippen molar-refractivity contribution in [2.75, 3.05) is 5.75 Å². The van der Waals surface area contributed by atoms with Gasteiger partial charge in [-0.3, -0.25) is 0 Å². The minimum absolute atomic E-state index is 0.104. The van der Waals surface area contributed by atoms with Crippen LogP contribution in [0.25, 0.3) is 0 Å². The fourth-order valence-corrected chi connectivity index (χ4v) is 3.07. The Labute approximate surface area is 100 Å². The number of benzene rings is 1. The summed E-state index contributed by atoms with van der Waals surface area (Å²) in [7, 11) is -3.02. The third-order valence-electron chi connectivity index (χ3n) is 2.79. The maximum absolute atomic E-state index is 12.9. The summed E-state index contributed by atoms with van der Waals surface area (Å²) in [6.07, 6.45) is 1.65. The van der Waals surface area contributed by atoms with Crippen molar-refractivity contribution in [1.29, 1.82) is 0 Å². The number of sulfone groups is 1. The Bertz CT molecular complexity index is 552. The van der Waals surface area contributed by atoms with E-state index in [0.29, 0.717) is 6.54 Å². The molecule has 92 valence electrons. The summed E-state index contributed by atoms with van der Waals surface area (Å²) in [6, 6.07) is 4.44. The van der Waals surface area contributed by atoms with Gasteiger partial charge in [0.15, 0.2) is 9.84 Å². The standard InChI is InChI=1S/C12H14FNO2S/c1-9-6-11(13)3-2-10(9)7-14-12-4-5-17(15,16)8-12/h2-6,12,14H,7-8H2,1H3. The van der Waals surface area contributed by atoms with Crippen molar-refractivity contribution >= 4 is 9.84 Å². The summed E-state index contributed by atoms with van der Waals surface area (Å²) in [5.41, 5.74) is 1.84. The average molecular weight is 255 g/mol. The van der Waals surface area contributed by atoms with Crippen LogP contribution >= 0.6 is 0 Å². The maximum Gasteiger partial charge on any atom is 0.173 e. The zero-order valence-electron chi connectivity index (χ0n) is 9.48. The number of aryl methyl sites for hydroxylation is 1. The van der Waals surface area contributed by atoms with E-state index in [0.717, 1.165) is 11.1 Å². The third-order valence-corrected chi connectivity index (χ3v) is 4.18. The molecule has 0 fully saturated rings. The van der Waals surface area contributed by atoms with E-state index in [4.69, 9.17) is 0 Å². The van der Waals surface area contributed by atoms with Gasteiger partial charge < -0.3 is 5.32 Å². The van der Waals surface area contributed by atoms with Crippen molar-refractivity contribution in [3.8, 4) is 0 Å². The van der Waals surface area contributed by atoms with Crippen LogP contribution in [-0.4, -0.2) is 20.2 Å². The van der Waals surface area contributed by atoms with Crippen LogP contribution in [0.2, 0.25) is 0 Å². The van der Waals surface area contributed by atoms with Crippen LogP contribution in [0.3, 0.4) is 0 Å². The SMILES string of the molecule is Cc1cc(F)ccc1CNC1C=CS(=O)(=O)C1. The van der Waals surface area contributed by atoms with Gasteiger partial charge in [-0.15, -0.1) is 0 Å². The number of halogens is 1. The first-order valence-electron chi connectivity index (χ1n) is 5.36. The van der Waals surface area contributed by atoms with E-state index in [1.807, 2.05) is 6.92 Å². The van der Waals surface area contributed by atoms with Crippen LogP contribution in [-0.2, 0) is 16.4 Å². The van der Waals surface area contributed by atoms with Gasteiger partial charge in [0, 0.05) is 18.0 Å². The smallest absolute Gasteiger partial charge is 0.173 e. The molecular weight excluding hydrogens is 241 g/mol. The predicted octanol–water partition coefficient (Wildman–Crippen LogP) is 1.53. The normalized spacial score (nSPS) is 21.9. The average Bonchev–Trinajstić information content (AvgIpc) is 2.57. The summed E-state index contributed by atoms with van der Waals surface area (Å²) in [5, 5.41) is 4.36. The molecule has 0 aliphatic carbocycles. The van der Waals surface area contributed by atoms with E-state index >= 15 is 0 Å². The fourth-order valence-electron chi connectivity index (χ4n) is 1.80. The molecule has 1 heterocycles. The van der Waals surface area contributed by atoms with Crippen LogP contribution in [0.1, 0.15) is 11.1 Å². The second-order valence-corrected chi connectivity index (χ2v) is 6.15. The van der Waals surface area contributed by atoms with Crippen molar-refractivity contribution in [3.63, 3.8) is 0 Å². The summed E-state index contributed by atoms with van der Waals surface area (Å²) in [5.74, 6) is -0.151. The predicted molar refractivity (Wildman–Crippen MR) is 64.7 cm³/mol. The number of nitrogens with one attached hydrogen (secondary N) is 1. The molecule has 0 saturated heterocycles. The highest BCUT2D eigenvalue weighted by Gasteiger charge is 2.20. The molecule has 1 atom stereocenters. The quantitative estimate of drug-likeness (QED) is 0.891. The molecule has 1 aromatic carbocycles. The highest BCUT2D eigenvalue weighted by Crippen LogP contribution is 2.12. The molecule has 1 aliphatic heterocycles. The molecule has 0 radical (unpaired) electrons. The van der Waals surface area contributed by atoms with Crippen LogP contribution in [0.4, 0.5) is 4.39 Å². The van der Waals surface area contributed by atoms with Gasteiger partial charge in [0.2, 0.25) is 0 Å². The fraction of sp³-hybridized carbons (Fsp3) is 0.333. The maximum atomic E-state index is 12.9. The Morgan fingerprint density at radius 3 is 2.82 bits per heavy atom. The number of hydrogen-bond donors (Lipinski definition) is 1. The highest BCUT2D eigenvalue weighted by molar-refractivity contribution is 7.94. The first-order valence-corrected chi connectivity index (χ1v) is 7.07. The molecule has 0 saturated carbocycles. The minimum atomic E-state index is -3.02. The first kappa shape index (κ1) is 12.3. The Balaban J connectivity index is 1.97. The Morgan fingerprint density at radius 2 is 2.24 bits per heavy atom. The summed E-state index contributed by atoms with van der Waals surface area (Å²) in [6.45, 7) is 2.37. The van der Waals surface area contributed by atoms with Crippen LogP contribution in [0.15, 0.2) is 29.7 Å². The van der Waals surface area contributed by atoms with Crippen molar-refractivity contribution in [2.24, 2.45) is 0 Å². The van der Waals surface area contributed by atoms with Gasteiger partial charge in [-0.1, -0.05) is 12.1 Å². The van der Waals surface area contributed by atoms with Gasteiger partial charge in [-0.05, 0) is 30.2 Å². The molecule has 1 unspecified atom stereocenters. The topological polar surface area (TPSA) is 46.2 Å². The van der Waals surface area contributed by atoms with Gasteiger partial charge in [-0.25, -0.2) is 12.8 Å². The lowest BCUT2D eigenvalue weighted by Gasteiger charge is -2.11. The van der Waals surface area contributed by atoms with Crippen LogP contribution in [0, 0.1) is 12.7 Å². The van der Waals surface area contributed by atoms with E-state index < -0.39 is 9.84 Å². The van der Waals surface area contributed by atoms with Crippen molar-refractivity contribution in [2.45, 2.75) is 19.5 Å². The molecule has 17 heavy (non-hydrogen) atoms. The van der Waals surface area contributed by atoms with Crippen molar-refractivity contribution in [1.82, 2.24) is 5.32 Å². The van der Waals surface area contributed by atoms with Gasteiger partial charge in [-0.2, -0.15) is 0 Å². The zero-order chi connectivity index (χ0) is 12.5. The Morgan fingerprint density at radius 1 is 1.47 bits per heavy atom. The minimum Gasteiger partial charge on any atom is -0.305 e. The van der Waals surface area contributed by atoms with Gasteiger partial charge >= 0.3 is 0 Å². The molecule has 1 aromatic rings. The van der Waals surface area contributed by atoms with E-state index in [1.54, 1.807) is 12.1 Å². The summed E-state index contributed by atoms with van der Waals surface area (Å²) >= 11 is 0. The van der Waals surface area contributed by atoms with Gasteiger partial charge in [0.25, 0.3) is 0 Å². The number of hydrogen-bond acceptors (Lipinski definition) is 3. The van der Waals surface area contributed by atoms with Crippen LogP contribution in [0.5, 0.6) is 0 Å².